The molecule has 0 atom stereocenters. The minimum absolute atomic E-state index is 0.00171. The molecule has 1 amide bonds. The number of likely N-dealkylation sites (N-methyl/N-ethyl adjacent to an activating group) is 1. The molecule has 7 rings (SSSR count). The number of Topliss-reactive ketones (excluding diaryl/α,β-unsaturated/α-hetero) is 1. The Bertz CT molecular complexity index is 3440. The number of hydrogen-bond donors (Lipinski definition) is 4. The van der Waals surface area contributed by atoms with Crippen LogP contribution in [0.3, 0.4) is 0 Å². The van der Waals surface area contributed by atoms with E-state index in [2.05, 4.69) is 10.2 Å². The lowest BCUT2D eigenvalue weighted by molar-refractivity contribution is -0.433. The number of amides is 1. The van der Waals surface area contributed by atoms with Crippen molar-refractivity contribution < 1.29 is 53.1 Å². The highest BCUT2D eigenvalue weighted by Crippen LogP contribution is 2.51. The highest BCUT2D eigenvalue weighted by molar-refractivity contribution is 7.87. The van der Waals surface area contributed by atoms with E-state index in [4.69, 9.17) is 4.98 Å². The Labute approximate surface area is 410 Å². The summed E-state index contributed by atoms with van der Waals surface area (Å²) in [4.78, 5) is 30.6. The summed E-state index contributed by atoms with van der Waals surface area (Å²) in [7, 11) is -14.3. The van der Waals surface area contributed by atoms with Crippen LogP contribution in [0.4, 0.5) is 11.4 Å². The molecule has 1 aromatic heterocycles. The third-order valence-corrected chi connectivity index (χ3v) is 16.0. The fraction of sp³-hybridized carbons (Fsp3) is 0.346. The zero-order valence-electron chi connectivity index (χ0n) is 40.4. The zero-order valence-corrected chi connectivity index (χ0v) is 42.9. The van der Waals surface area contributed by atoms with E-state index in [0.717, 1.165) is 47.0 Å². The lowest BCUT2D eigenvalue weighted by Gasteiger charge is -2.26. The van der Waals surface area contributed by atoms with Crippen LogP contribution in [0.5, 0.6) is 0 Å². The molecular weight excluding hydrogens is 953 g/mol. The minimum atomic E-state index is -4.94. The fourth-order valence-electron chi connectivity index (χ4n) is 9.86. The van der Waals surface area contributed by atoms with Crippen molar-refractivity contribution in [1.29, 1.82) is 0 Å². The lowest BCUT2D eigenvalue weighted by atomic mass is 9.79. The van der Waals surface area contributed by atoms with Gasteiger partial charge in [-0.3, -0.25) is 28.2 Å². The van der Waals surface area contributed by atoms with Crippen molar-refractivity contribution in [2.75, 3.05) is 24.5 Å². The van der Waals surface area contributed by atoms with Crippen LogP contribution in [-0.4, -0.2) is 85.5 Å². The van der Waals surface area contributed by atoms with Crippen LogP contribution >= 0.6 is 0 Å². The summed E-state index contributed by atoms with van der Waals surface area (Å²) in [6.07, 6.45) is 12.0. The minimum Gasteiger partial charge on any atom is -0.352 e. The summed E-state index contributed by atoms with van der Waals surface area (Å²) in [6, 6.07) is 17.1. The average molecular weight is 1010 g/mol. The molecule has 0 radical (unpaired) electrons. The van der Waals surface area contributed by atoms with Gasteiger partial charge < -0.3 is 10.2 Å². The van der Waals surface area contributed by atoms with E-state index < -0.39 is 51.0 Å². The fourth-order valence-corrected chi connectivity index (χ4v) is 11.7. The number of benzene rings is 4. The van der Waals surface area contributed by atoms with Gasteiger partial charge in [-0.25, -0.2) is 0 Å². The average Bonchev–Trinajstić information content (AvgIpc) is 3.66. The molecule has 2 aliphatic heterocycles. The van der Waals surface area contributed by atoms with Crippen LogP contribution in [0, 0.1) is 5.92 Å². The molecule has 5 aromatic rings. The van der Waals surface area contributed by atoms with Gasteiger partial charge in [-0.05, 0) is 123 Å². The van der Waals surface area contributed by atoms with E-state index in [0.29, 0.717) is 65.9 Å². The standard InChI is InChI=1S/C52H58N4O11S3/c1-9-55-42-23-17-33-15-20-36(68(59,60)61)28-39(33)48(42)51(5,6)46(55)25-18-34(41-22-16-35(31-54-41)50(58)53-27-13-11-12-14-44(57)32(3)4)19-26-47-52(7,8)49-40-29-37(69(62,63)64)30-45(70(65,66)67)38(40)21-24-43(49)56(47)10-2/h15-26,28-32H,9-14,27H2,1-8H3,(H3-,53,58,59,60,61,62,63,64,65,66,67)/p+1. The first kappa shape index (κ1) is 51.9. The topological polar surface area (TPSA) is 228 Å². The number of fused-ring (bicyclic) bond motifs is 6. The zero-order chi connectivity index (χ0) is 51.3. The van der Waals surface area contributed by atoms with E-state index in [1.54, 1.807) is 24.3 Å². The maximum Gasteiger partial charge on any atom is 0.295 e. The van der Waals surface area contributed by atoms with Crippen LogP contribution < -0.4 is 10.2 Å². The van der Waals surface area contributed by atoms with Crippen molar-refractivity contribution in [2.45, 2.75) is 107 Å². The molecule has 18 heteroatoms. The maximum absolute atomic E-state index is 13.3. The molecule has 0 aliphatic carbocycles. The number of hydrogen-bond acceptors (Lipinski definition) is 10. The molecule has 4 N–H and O–H groups in total. The molecule has 0 fully saturated rings. The summed E-state index contributed by atoms with van der Waals surface area (Å²) in [5.74, 6) is -0.0752. The molecule has 0 saturated heterocycles. The molecular formula is C52H59N4O11S3+. The molecule has 0 spiro atoms. The number of carbonyl (C=O) groups excluding carboxylic acids is 2. The number of carbonyl (C=O) groups is 2. The summed E-state index contributed by atoms with van der Waals surface area (Å²) in [5.41, 5.74) is 4.50. The largest absolute Gasteiger partial charge is 0.352 e. The van der Waals surface area contributed by atoms with Crippen LogP contribution in [0.2, 0.25) is 0 Å². The number of nitrogens with one attached hydrogen (secondary N) is 1. The highest BCUT2D eigenvalue weighted by atomic mass is 32.2. The predicted molar refractivity (Wildman–Crippen MR) is 272 cm³/mol. The van der Waals surface area contributed by atoms with Crippen molar-refractivity contribution in [1.82, 2.24) is 10.3 Å². The highest BCUT2D eigenvalue weighted by Gasteiger charge is 2.46. The van der Waals surface area contributed by atoms with E-state index in [1.165, 1.54) is 30.5 Å². The molecule has 70 heavy (non-hydrogen) atoms. The normalized spacial score (nSPS) is 16.5. The number of allylic oxidation sites excluding steroid dienone is 6. The lowest BCUT2D eigenvalue weighted by Crippen LogP contribution is -2.28. The summed E-state index contributed by atoms with van der Waals surface area (Å²) >= 11 is 0. The van der Waals surface area contributed by atoms with Gasteiger partial charge in [0.25, 0.3) is 36.3 Å². The first-order chi connectivity index (χ1) is 32.7. The molecule has 0 unspecified atom stereocenters. The SMILES string of the molecule is CCN1/C(=C/C=C(/C=C/C2=[N+](CC)c3ccc4c(S(=O)(=O)O)cc(S(=O)(=O)O)cc4c3C2(C)C)c2ccc(C(=O)NCCCCCC(=O)C(C)C)cn2)C(C)(C)c2c1ccc1ccc(S(=O)(=O)O)cc21. The van der Waals surface area contributed by atoms with Crippen LogP contribution in [0.1, 0.15) is 108 Å². The van der Waals surface area contributed by atoms with E-state index in [9.17, 15) is 48.5 Å². The number of nitrogens with zero attached hydrogens (tertiary/aromatic N) is 3. The van der Waals surface area contributed by atoms with E-state index in [-0.39, 0.29) is 33.3 Å². The molecule has 2 aliphatic rings. The Morgan fingerprint density at radius 3 is 2.07 bits per heavy atom. The van der Waals surface area contributed by atoms with Crippen molar-refractivity contribution >= 4 is 86.2 Å². The van der Waals surface area contributed by atoms with E-state index in [1.807, 2.05) is 96.4 Å². The summed E-state index contributed by atoms with van der Waals surface area (Å²) in [6.45, 7) is 17.1. The first-order valence-corrected chi connectivity index (χ1v) is 27.4. The van der Waals surface area contributed by atoms with Crippen molar-refractivity contribution in [3.63, 3.8) is 0 Å². The van der Waals surface area contributed by atoms with Crippen LogP contribution in [0.25, 0.3) is 27.1 Å². The Morgan fingerprint density at radius 2 is 1.46 bits per heavy atom. The quantitative estimate of drug-likeness (QED) is 0.0295. The second kappa shape index (κ2) is 19.4. The predicted octanol–water partition coefficient (Wildman–Crippen LogP) is 9.38. The van der Waals surface area contributed by atoms with Gasteiger partial charge in [0.1, 0.15) is 17.2 Å². The second-order valence-electron chi connectivity index (χ2n) is 19.0. The number of ketones is 1. The van der Waals surface area contributed by atoms with Crippen molar-refractivity contribution in [3.8, 4) is 0 Å². The Morgan fingerprint density at radius 1 is 0.771 bits per heavy atom. The third-order valence-electron chi connectivity index (χ3n) is 13.4. The summed E-state index contributed by atoms with van der Waals surface area (Å²) < 4.78 is 107. The number of unbranched alkanes of at least 4 members (excludes halogenated alkanes) is 2. The monoisotopic (exact) mass is 1010 g/mol. The first-order valence-electron chi connectivity index (χ1n) is 23.1. The molecule has 0 bridgehead atoms. The summed E-state index contributed by atoms with van der Waals surface area (Å²) in [5, 5.41) is 4.71. The second-order valence-corrected chi connectivity index (χ2v) is 23.2. The third kappa shape index (κ3) is 10.0. The number of aromatic nitrogens is 1. The van der Waals surface area contributed by atoms with E-state index >= 15 is 0 Å². The van der Waals surface area contributed by atoms with Gasteiger partial charge in [-0.15, -0.1) is 0 Å². The van der Waals surface area contributed by atoms with Gasteiger partial charge in [0.15, 0.2) is 5.71 Å². The van der Waals surface area contributed by atoms with Gasteiger partial charge in [0, 0.05) is 77.1 Å². The molecule has 4 aromatic carbocycles. The Hall–Kier alpha value is -5.89. The molecule has 15 nitrogen and oxygen atoms in total. The smallest absolute Gasteiger partial charge is 0.295 e. The van der Waals surface area contributed by atoms with Gasteiger partial charge in [0.05, 0.1) is 26.5 Å². The number of pyridine rings is 1. The van der Waals surface area contributed by atoms with Crippen LogP contribution in [-0.2, 0) is 46.0 Å². The Kier molecular flexibility index (Phi) is 14.4. The van der Waals surface area contributed by atoms with Gasteiger partial charge >= 0.3 is 0 Å². The molecule has 0 saturated carbocycles. The maximum atomic E-state index is 13.3. The molecule has 370 valence electrons. The number of rotatable bonds is 17. The van der Waals surface area contributed by atoms with Gasteiger partial charge in [-0.1, -0.05) is 52.3 Å². The van der Waals surface area contributed by atoms with Crippen LogP contribution in [0.15, 0.2) is 118 Å². The van der Waals surface area contributed by atoms with Crippen molar-refractivity contribution in [2.24, 2.45) is 5.92 Å². The molecule has 3 heterocycles. The van der Waals surface area contributed by atoms with Gasteiger partial charge in [0.2, 0.25) is 5.69 Å². The van der Waals surface area contributed by atoms with Gasteiger partial charge in [-0.2, -0.15) is 29.8 Å². The number of anilines is 1. The Balaban J connectivity index is 1.32. The van der Waals surface area contributed by atoms with Crippen molar-refractivity contribution in [3.05, 3.63) is 125 Å².